The minimum atomic E-state index is -3.38. The van der Waals surface area contributed by atoms with E-state index in [1.54, 1.807) is 28.6 Å². The molecule has 0 atom stereocenters. The van der Waals surface area contributed by atoms with Crippen molar-refractivity contribution in [2.75, 3.05) is 13.1 Å². The molecule has 6 heteroatoms. The quantitative estimate of drug-likeness (QED) is 0.917. The van der Waals surface area contributed by atoms with E-state index < -0.39 is 10.0 Å². The van der Waals surface area contributed by atoms with E-state index in [1.165, 1.54) is 26.2 Å². The fraction of sp³-hybridized carbons (Fsp3) is 0.588. The van der Waals surface area contributed by atoms with Crippen LogP contribution >= 0.6 is 0 Å². The van der Waals surface area contributed by atoms with Crippen molar-refractivity contribution in [3.8, 4) is 0 Å². The molecule has 3 rings (SSSR count). The summed E-state index contributed by atoms with van der Waals surface area (Å²) < 4.78 is 27.0. The van der Waals surface area contributed by atoms with E-state index >= 15 is 0 Å². The molecule has 1 amide bonds. The first-order valence-corrected chi connectivity index (χ1v) is 9.69. The molecule has 1 saturated carbocycles. The average molecular weight is 336 g/mol. The zero-order valence-electron chi connectivity index (χ0n) is 13.5. The Hall–Kier alpha value is -1.40. The standard InChI is InChI=1S/C17H24N2O3S/c1-14(20)18-11-15-5-7-16(8-6-15)23(21,22)19-12-17(13-19)9-3-2-4-10-17/h5-8H,2-4,9-13H2,1H3,(H,18,20). The van der Waals surface area contributed by atoms with E-state index in [9.17, 15) is 13.2 Å². The van der Waals surface area contributed by atoms with Crippen LogP contribution in [0.5, 0.6) is 0 Å². The Bertz CT molecular complexity index is 668. The monoisotopic (exact) mass is 336 g/mol. The van der Waals surface area contributed by atoms with Crippen LogP contribution in [0.1, 0.15) is 44.6 Å². The van der Waals surface area contributed by atoms with Crippen molar-refractivity contribution >= 4 is 15.9 Å². The minimum Gasteiger partial charge on any atom is -0.352 e. The first-order valence-electron chi connectivity index (χ1n) is 8.25. The lowest BCUT2D eigenvalue weighted by atomic mass is 9.70. The van der Waals surface area contributed by atoms with Crippen molar-refractivity contribution in [1.29, 1.82) is 0 Å². The van der Waals surface area contributed by atoms with Crippen molar-refractivity contribution in [2.24, 2.45) is 5.41 Å². The summed E-state index contributed by atoms with van der Waals surface area (Å²) in [5.41, 5.74) is 1.14. The summed E-state index contributed by atoms with van der Waals surface area (Å²) in [6, 6.07) is 6.80. The molecule has 1 heterocycles. The van der Waals surface area contributed by atoms with Crippen molar-refractivity contribution in [3.63, 3.8) is 0 Å². The number of nitrogens with zero attached hydrogens (tertiary/aromatic N) is 1. The number of carbonyl (C=O) groups excluding carboxylic acids is 1. The lowest BCUT2D eigenvalue weighted by molar-refractivity contribution is -0.119. The van der Waals surface area contributed by atoms with E-state index in [1.807, 2.05) is 0 Å². The van der Waals surface area contributed by atoms with E-state index in [0.29, 0.717) is 24.5 Å². The van der Waals surface area contributed by atoms with E-state index in [2.05, 4.69) is 5.32 Å². The van der Waals surface area contributed by atoms with Crippen LogP contribution in [0.3, 0.4) is 0 Å². The molecule has 0 unspecified atom stereocenters. The molecule has 0 aromatic heterocycles. The summed E-state index contributed by atoms with van der Waals surface area (Å²) in [7, 11) is -3.38. The maximum absolute atomic E-state index is 12.7. The maximum Gasteiger partial charge on any atom is 0.243 e. The second-order valence-electron chi connectivity index (χ2n) is 6.89. The van der Waals surface area contributed by atoms with Gasteiger partial charge in [0, 0.05) is 26.6 Å². The minimum absolute atomic E-state index is 0.0972. The van der Waals surface area contributed by atoms with Gasteiger partial charge in [-0.15, -0.1) is 0 Å². The van der Waals surface area contributed by atoms with Crippen molar-refractivity contribution in [1.82, 2.24) is 9.62 Å². The number of rotatable bonds is 4. The molecule has 0 radical (unpaired) electrons. The van der Waals surface area contributed by atoms with E-state index in [4.69, 9.17) is 0 Å². The average Bonchev–Trinajstić information content (AvgIpc) is 2.51. The molecule has 1 N–H and O–H groups in total. The van der Waals surface area contributed by atoms with Crippen LogP contribution in [0.4, 0.5) is 0 Å². The van der Waals surface area contributed by atoms with Gasteiger partial charge < -0.3 is 5.32 Å². The summed E-state index contributed by atoms with van der Waals surface area (Å²) in [4.78, 5) is 11.3. The van der Waals surface area contributed by atoms with E-state index in [0.717, 1.165) is 18.4 Å². The highest BCUT2D eigenvalue weighted by Crippen LogP contribution is 2.45. The van der Waals surface area contributed by atoms with Gasteiger partial charge in [0.05, 0.1) is 4.90 Å². The molecule has 1 aliphatic carbocycles. The van der Waals surface area contributed by atoms with Crippen LogP contribution in [-0.2, 0) is 21.4 Å². The molecule has 2 fully saturated rings. The normalized spacial score (nSPS) is 20.9. The third-order valence-electron chi connectivity index (χ3n) is 5.04. The molecule has 5 nitrogen and oxygen atoms in total. The molecule has 1 saturated heterocycles. The molecule has 1 spiro atoms. The Morgan fingerprint density at radius 2 is 1.74 bits per heavy atom. The molecule has 2 aliphatic rings. The summed E-state index contributed by atoms with van der Waals surface area (Å²) in [6.07, 6.45) is 6.06. The summed E-state index contributed by atoms with van der Waals surface area (Å²) >= 11 is 0. The molecule has 1 aliphatic heterocycles. The zero-order valence-corrected chi connectivity index (χ0v) is 14.4. The Kier molecular flexibility index (Phi) is 4.47. The summed E-state index contributed by atoms with van der Waals surface area (Å²) in [5, 5.41) is 2.71. The lowest BCUT2D eigenvalue weighted by Gasteiger charge is -2.51. The number of nitrogens with one attached hydrogen (secondary N) is 1. The van der Waals surface area contributed by atoms with Gasteiger partial charge in [0.2, 0.25) is 15.9 Å². The molecule has 1 aromatic rings. The molecule has 23 heavy (non-hydrogen) atoms. The first-order chi connectivity index (χ1) is 10.9. The number of carbonyl (C=O) groups is 1. The first kappa shape index (κ1) is 16.5. The predicted octanol–water partition coefficient (Wildman–Crippen LogP) is 2.28. The van der Waals surface area contributed by atoms with Crippen LogP contribution in [0.25, 0.3) is 0 Å². The number of hydrogen-bond acceptors (Lipinski definition) is 3. The second-order valence-corrected chi connectivity index (χ2v) is 8.83. The van der Waals surface area contributed by atoms with Gasteiger partial charge in [0.1, 0.15) is 0 Å². The smallest absolute Gasteiger partial charge is 0.243 e. The van der Waals surface area contributed by atoms with E-state index in [-0.39, 0.29) is 11.3 Å². The molecule has 126 valence electrons. The zero-order chi connectivity index (χ0) is 16.5. The van der Waals surface area contributed by atoms with Gasteiger partial charge in [0.25, 0.3) is 0 Å². The van der Waals surface area contributed by atoms with Crippen LogP contribution in [-0.4, -0.2) is 31.7 Å². The van der Waals surface area contributed by atoms with Crippen molar-refractivity contribution < 1.29 is 13.2 Å². The molecular weight excluding hydrogens is 312 g/mol. The van der Waals surface area contributed by atoms with Gasteiger partial charge in [-0.1, -0.05) is 31.4 Å². The predicted molar refractivity (Wildman–Crippen MR) is 88.2 cm³/mol. The van der Waals surface area contributed by atoms with Gasteiger partial charge in [0.15, 0.2) is 0 Å². The van der Waals surface area contributed by atoms with Gasteiger partial charge in [-0.25, -0.2) is 8.42 Å². The fourth-order valence-corrected chi connectivity index (χ4v) is 5.31. The molecule has 0 bridgehead atoms. The summed E-state index contributed by atoms with van der Waals surface area (Å²) in [6.45, 7) is 3.22. The van der Waals surface area contributed by atoms with Crippen LogP contribution in [0.15, 0.2) is 29.2 Å². The highest BCUT2D eigenvalue weighted by molar-refractivity contribution is 7.89. The van der Waals surface area contributed by atoms with Gasteiger partial charge in [-0.05, 0) is 36.0 Å². The fourth-order valence-electron chi connectivity index (χ4n) is 3.64. The SMILES string of the molecule is CC(=O)NCc1ccc(S(=O)(=O)N2CC3(CCCCC3)C2)cc1. The highest BCUT2D eigenvalue weighted by atomic mass is 32.2. The maximum atomic E-state index is 12.7. The van der Waals surface area contributed by atoms with Gasteiger partial charge in [-0.3, -0.25) is 4.79 Å². The largest absolute Gasteiger partial charge is 0.352 e. The molecular formula is C17H24N2O3S. The van der Waals surface area contributed by atoms with Crippen LogP contribution in [0, 0.1) is 5.41 Å². The van der Waals surface area contributed by atoms with Crippen molar-refractivity contribution in [2.45, 2.75) is 50.5 Å². The molecule has 1 aromatic carbocycles. The number of sulfonamides is 1. The topological polar surface area (TPSA) is 66.5 Å². The Labute approximate surface area is 138 Å². The van der Waals surface area contributed by atoms with Gasteiger partial charge in [-0.2, -0.15) is 4.31 Å². The Morgan fingerprint density at radius 3 is 2.30 bits per heavy atom. The van der Waals surface area contributed by atoms with Crippen molar-refractivity contribution in [3.05, 3.63) is 29.8 Å². The van der Waals surface area contributed by atoms with Gasteiger partial charge >= 0.3 is 0 Å². The lowest BCUT2D eigenvalue weighted by Crippen LogP contribution is -2.58. The number of hydrogen-bond donors (Lipinski definition) is 1. The van der Waals surface area contributed by atoms with Crippen LogP contribution < -0.4 is 5.32 Å². The Balaban J connectivity index is 1.65. The Morgan fingerprint density at radius 1 is 1.13 bits per heavy atom. The van der Waals surface area contributed by atoms with Crippen LogP contribution in [0.2, 0.25) is 0 Å². The summed E-state index contributed by atoms with van der Waals surface area (Å²) in [5.74, 6) is -0.0972. The second kappa shape index (κ2) is 6.24. The highest BCUT2D eigenvalue weighted by Gasteiger charge is 2.48. The third-order valence-corrected chi connectivity index (χ3v) is 6.85. The third kappa shape index (κ3) is 3.43. The number of benzene rings is 1. The number of amides is 1.